The summed E-state index contributed by atoms with van der Waals surface area (Å²) in [5, 5.41) is 0. The number of carbonyl (C=O) groups is 1. The third-order valence-corrected chi connectivity index (χ3v) is 4.46. The fourth-order valence-corrected chi connectivity index (χ4v) is 3.13. The van der Waals surface area contributed by atoms with Gasteiger partial charge in [0.1, 0.15) is 11.4 Å². The number of hydrogen-bond donors (Lipinski definition) is 1. The van der Waals surface area contributed by atoms with E-state index in [4.69, 9.17) is 10.5 Å². The second-order valence-electron chi connectivity index (χ2n) is 6.35. The summed E-state index contributed by atoms with van der Waals surface area (Å²) < 4.78 is 19.9. The monoisotopic (exact) mass is 352 g/mol. The Hall–Kier alpha value is -2.79. The zero-order valence-electron chi connectivity index (χ0n) is 14.3. The van der Waals surface area contributed by atoms with E-state index in [0.29, 0.717) is 12.0 Å². The number of halogens is 1. The summed E-state index contributed by atoms with van der Waals surface area (Å²) in [5.74, 6) is -0.820. The zero-order chi connectivity index (χ0) is 18.4. The molecule has 0 saturated heterocycles. The van der Waals surface area contributed by atoms with Crippen LogP contribution in [0.4, 0.5) is 4.39 Å². The number of hydrogen-bond acceptors (Lipinski definition) is 3. The number of carbonyl (C=O) groups excluding carboxylic acids is 1. The Morgan fingerprint density at radius 1 is 1.15 bits per heavy atom. The van der Waals surface area contributed by atoms with Crippen LogP contribution in [0, 0.1) is 5.82 Å². The molecule has 2 atom stereocenters. The van der Waals surface area contributed by atoms with Gasteiger partial charge in [-0.2, -0.15) is 0 Å². The number of aliphatic imine (C=N–C) groups is 1. The highest BCUT2D eigenvalue weighted by Crippen LogP contribution is 2.31. The molecule has 2 unspecified atom stereocenters. The van der Waals surface area contributed by atoms with E-state index in [0.717, 1.165) is 5.56 Å². The van der Waals surface area contributed by atoms with Gasteiger partial charge in [0.2, 0.25) is 5.91 Å². The van der Waals surface area contributed by atoms with Gasteiger partial charge in [0, 0.05) is 18.2 Å². The predicted octanol–water partition coefficient (Wildman–Crippen LogP) is 3.21. The summed E-state index contributed by atoms with van der Waals surface area (Å²) in [5.41, 5.74) is 6.21. The fraction of sp³-hybridized carbons (Fsp3) is 0.238. The summed E-state index contributed by atoms with van der Waals surface area (Å²) in [6.45, 7) is 0.0462. The molecule has 1 amide bonds. The molecule has 134 valence electrons. The van der Waals surface area contributed by atoms with Gasteiger partial charge in [0.15, 0.2) is 0 Å². The first-order valence-corrected chi connectivity index (χ1v) is 8.49. The number of nitrogens with two attached hydrogens (primary N) is 1. The Balaban J connectivity index is 1.84. The molecule has 0 fully saturated rings. The minimum atomic E-state index is -0.734. The van der Waals surface area contributed by atoms with Crippen LogP contribution < -0.4 is 5.73 Å². The van der Waals surface area contributed by atoms with Crippen LogP contribution in [0.25, 0.3) is 0 Å². The molecular formula is C21H21FN2O2. The van der Waals surface area contributed by atoms with Crippen molar-refractivity contribution in [2.45, 2.75) is 31.1 Å². The highest BCUT2D eigenvalue weighted by Gasteiger charge is 2.39. The van der Waals surface area contributed by atoms with Crippen LogP contribution in [0.3, 0.4) is 0 Å². The maximum Gasteiger partial charge on any atom is 0.220 e. The van der Waals surface area contributed by atoms with E-state index in [1.54, 1.807) is 24.4 Å². The van der Waals surface area contributed by atoms with E-state index >= 15 is 0 Å². The minimum Gasteiger partial charge on any atom is -0.370 e. The second kappa shape index (κ2) is 8.06. The molecule has 0 radical (unpaired) electrons. The molecule has 1 aliphatic heterocycles. The van der Waals surface area contributed by atoms with Crippen molar-refractivity contribution in [1.82, 2.24) is 0 Å². The maximum absolute atomic E-state index is 13.9. The number of ether oxygens (including phenoxy) is 1. The number of benzene rings is 2. The lowest BCUT2D eigenvalue weighted by Gasteiger charge is -2.33. The third kappa shape index (κ3) is 4.24. The molecule has 2 N–H and O–H groups in total. The van der Waals surface area contributed by atoms with Crippen LogP contribution in [-0.2, 0) is 22.6 Å². The second-order valence-corrected chi connectivity index (χ2v) is 6.35. The average molecular weight is 352 g/mol. The highest BCUT2D eigenvalue weighted by molar-refractivity contribution is 5.77. The Morgan fingerprint density at radius 3 is 2.54 bits per heavy atom. The molecule has 4 nitrogen and oxygen atoms in total. The Labute approximate surface area is 152 Å². The summed E-state index contributed by atoms with van der Waals surface area (Å²) in [4.78, 5) is 16.2. The molecule has 2 aromatic rings. The Kier molecular flexibility index (Phi) is 5.58. The SMILES string of the molecule is NC(=O)CC(OCc1ccccc1F)C1(Cc2ccccc2)C=CC=N1. The van der Waals surface area contributed by atoms with E-state index in [1.807, 2.05) is 42.5 Å². The van der Waals surface area contributed by atoms with Crippen LogP contribution in [0.1, 0.15) is 17.5 Å². The quantitative estimate of drug-likeness (QED) is 0.793. The van der Waals surface area contributed by atoms with Gasteiger partial charge in [-0.25, -0.2) is 4.39 Å². The summed E-state index contributed by atoms with van der Waals surface area (Å²) in [6, 6.07) is 16.3. The molecule has 1 heterocycles. The first-order valence-electron chi connectivity index (χ1n) is 8.49. The Morgan fingerprint density at radius 2 is 1.88 bits per heavy atom. The van der Waals surface area contributed by atoms with Gasteiger partial charge >= 0.3 is 0 Å². The van der Waals surface area contributed by atoms with E-state index < -0.39 is 17.6 Å². The van der Waals surface area contributed by atoms with Crippen molar-refractivity contribution in [2.24, 2.45) is 10.7 Å². The molecule has 0 spiro atoms. The van der Waals surface area contributed by atoms with Crippen molar-refractivity contribution in [3.63, 3.8) is 0 Å². The number of primary amides is 1. The van der Waals surface area contributed by atoms with Crippen molar-refractivity contribution in [3.8, 4) is 0 Å². The molecule has 0 aliphatic carbocycles. The molecule has 1 aliphatic rings. The van der Waals surface area contributed by atoms with Gasteiger partial charge in [0.25, 0.3) is 0 Å². The van der Waals surface area contributed by atoms with Gasteiger partial charge in [0.05, 0.1) is 19.1 Å². The third-order valence-electron chi connectivity index (χ3n) is 4.46. The van der Waals surface area contributed by atoms with Crippen molar-refractivity contribution < 1.29 is 13.9 Å². The van der Waals surface area contributed by atoms with E-state index in [-0.39, 0.29) is 18.8 Å². The van der Waals surface area contributed by atoms with Gasteiger partial charge in [-0.05, 0) is 17.7 Å². The smallest absolute Gasteiger partial charge is 0.220 e. The minimum absolute atomic E-state index is 0.00294. The number of nitrogens with zero attached hydrogens (tertiary/aromatic N) is 1. The fourth-order valence-electron chi connectivity index (χ4n) is 3.13. The molecule has 26 heavy (non-hydrogen) atoms. The molecule has 5 heteroatoms. The molecular weight excluding hydrogens is 331 g/mol. The lowest BCUT2D eigenvalue weighted by Crippen LogP contribution is -2.44. The number of amides is 1. The van der Waals surface area contributed by atoms with Crippen LogP contribution in [0.2, 0.25) is 0 Å². The summed E-state index contributed by atoms with van der Waals surface area (Å²) >= 11 is 0. The topological polar surface area (TPSA) is 64.7 Å². The van der Waals surface area contributed by atoms with Crippen LogP contribution in [0.15, 0.2) is 71.7 Å². The van der Waals surface area contributed by atoms with E-state index in [1.165, 1.54) is 6.07 Å². The standard InChI is InChI=1S/C21H21FN2O2/c22-18-10-5-4-9-17(18)15-26-19(13-20(23)25)21(11-6-12-24-21)14-16-7-2-1-3-8-16/h1-12,19H,13-15H2,(H2,23,25). The summed E-state index contributed by atoms with van der Waals surface area (Å²) in [6.07, 6.45) is 5.44. The molecule has 2 aromatic carbocycles. The first-order chi connectivity index (χ1) is 12.6. The summed E-state index contributed by atoms with van der Waals surface area (Å²) in [7, 11) is 0. The molecule has 0 aromatic heterocycles. The van der Waals surface area contributed by atoms with Gasteiger partial charge < -0.3 is 10.5 Å². The van der Waals surface area contributed by atoms with Gasteiger partial charge in [-0.3, -0.25) is 9.79 Å². The predicted molar refractivity (Wildman–Crippen MR) is 99.3 cm³/mol. The highest BCUT2D eigenvalue weighted by atomic mass is 19.1. The van der Waals surface area contributed by atoms with Crippen LogP contribution in [-0.4, -0.2) is 23.8 Å². The van der Waals surface area contributed by atoms with Crippen molar-refractivity contribution in [1.29, 1.82) is 0 Å². The van der Waals surface area contributed by atoms with E-state index in [2.05, 4.69) is 4.99 Å². The zero-order valence-corrected chi connectivity index (χ0v) is 14.3. The normalized spacial score (nSPS) is 19.6. The van der Waals surface area contributed by atoms with Crippen LogP contribution in [0.5, 0.6) is 0 Å². The van der Waals surface area contributed by atoms with E-state index in [9.17, 15) is 9.18 Å². The average Bonchev–Trinajstić information content (AvgIpc) is 3.10. The van der Waals surface area contributed by atoms with Crippen molar-refractivity contribution in [3.05, 3.63) is 83.7 Å². The molecule has 0 bridgehead atoms. The number of rotatable bonds is 8. The van der Waals surface area contributed by atoms with Crippen LogP contribution >= 0.6 is 0 Å². The van der Waals surface area contributed by atoms with Crippen molar-refractivity contribution in [2.75, 3.05) is 0 Å². The van der Waals surface area contributed by atoms with Gasteiger partial charge in [-0.1, -0.05) is 54.6 Å². The molecule has 0 saturated carbocycles. The molecule has 3 rings (SSSR count). The number of allylic oxidation sites excluding steroid dienone is 1. The largest absolute Gasteiger partial charge is 0.370 e. The van der Waals surface area contributed by atoms with Gasteiger partial charge in [-0.15, -0.1) is 0 Å². The van der Waals surface area contributed by atoms with Crippen molar-refractivity contribution >= 4 is 12.1 Å². The Bertz CT molecular complexity index is 806. The lowest BCUT2D eigenvalue weighted by atomic mass is 9.84. The maximum atomic E-state index is 13.9. The lowest BCUT2D eigenvalue weighted by molar-refractivity contribution is -0.122. The first kappa shape index (κ1) is 18.0.